The van der Waals surface area contributed by atoms with Gasteiger partial charge in [0.15, 0.2) is 18.1 Å². The summed E-state index contributed by atoms with van der Waals surface area (Å²) < 4.78 is 16.6. The molecule has 0 radical (unpaired) electrons. The number of methoxy groups -OCH3 is 1. The molecule has 0 spiro atoms. The first-order valence-electron chi connectivity index (χ1n) is 9.69. The lowest BCUT2D eigenvalue weighted by molar-refractivity contribution is 0.0920. The van der Waals surface area contributed by atoms with E-state index in [1.807, 2.05) is 0 Å². The summed E-state index contributed by atoms with van der Waals surface area (Å²) in [5.41, 5.74) is 2.27. The predicted molar refractivity (Wildman–Crippen MR) is 123 cm³/mol. The molecule has 0 N–H and O–H groups in total. The molecule has 0 unspecified atom stereocenters. The lowest BCUT2D eigenvalue weighted by Crippen LogP contribution is -2.11. The third-order valence-corrected chi connectivity index (χ3v) is 5.54. The Morgan fingerprint density at radius 3 is 2.47 bits per heavy atom. The van der Waals surface area contributed by atoms with Crippen molar-refractivity contribution in [2.24, 2.45) is 0 Å². The van der Waals surface area contributed by atoms with Gasteiger partial charge in [0, 0.05) is 21.7 Å². The van der Waals surface area contributed by atoms with Gasteiger partial charge in [-0.25, -0.2) is 0 Å². The van der Waals surface area contributed by atoms with Gasteiger partial charge in [0.05, 0.1) is 12.7 Å². The second-order valence-corrected chi connectivity index (χ2v) is 8.00. The first-order chi connectivity index (χ1) is 15.4. The third kappa shape index (κ3) is 4.49. The van der Waals surface area contributed by atoms with E-state index in [1.165, 1.54) is 0 Å². The number of hydrogen-bond donors (Lipinski definition) is 0. The van der Waals surface area contributed by atoms with Gasteiger partial charge in [-0.2, -0.15) is 0 Å². The molecular formula is C25H18Cl2O5. The van der Waals surface area contributed by atoms with Crippen LogP contribution in [0.2, 0.25) is 10.0 Å². The number of benzene rings is 3. The number of allylic oxidation sites excluding steroid dienone is 1. The highest BCUT2D eigenvalue weighted by atomic mass is 35.5. The highest BCUT2D eigenvalue weighted by Crippen LogP contribution is 2.38. The number of hydrogen-bond acceptors (Lipinski definition) is 5. The zero-order valence-electron chi connectivity index (χ0n) is 17.3. The summed E-state index contributed by atoms with van der Waals surface area (Å²) in [7, 11) is 1.56. The second kappa shape index (κ2) is 9.07. The standard InChI is InChI=1S/C25H18Cl2O5/c1-14-9-19(31-13-21(28)15-4-7-18(30-2)8-5-15)12-22-24(14)25(29)23(32-22)10-16-3-6-17(26)11-20(16)27/h3-12H,13H2,1-2H3/b23-10-. The molecule has 1 aliphatic heterocycles. The molecule has 162 valence electrons. The van der Waals surface area contributed by atoms with Crippen molar-refractivity contribution in [1.82, 2.24) is 0 Å². The van der Waals surface area contributed by atoms with Crippen LogP contribution in [0, 0.1) is 6.92 Å². The zero-order valence-corrected chi connectivity index (χ0v) is 18.8. The number of carbonyl (C=O) groups excluding carboxylic acids is 2. The molecule has 1 heterocycles. The van der Waals surface area contributed by atoms with Crippen molar-refractivity contribution in [2.75, 3.05) is 13.7 Å². The Morgan fingerprint density at radius 1 is 1.03 bits per heavy atom. The fourth-order valence-corrected chi connectivity index (χ4v) is 3.79. The topological polar surface area (TPSA) is 61.8 Å². The molecule has 0 amide bonds. The van der Waals surface area contributed by atoms with E-state index in [0.29, 0.717) is 49.5 Å². The van der Waals surface area contributed by atoms with Crippen molar-refractivity contribution >= 4 is 40.8 Å². The highest BCUT2D eigenvalue weighted by Gasteiger charge is 2.30. The van der Waals surface area contributed by atoms with Gasteiger partial charge in [-0.1, -0.05) is 29.3 Å². The van der Waals surface area contributed by atoms with Gasteiger partial charge in [-0.05, 0) is 66.6 Å². The molecule has 7 heteroatoms. The molecule has 0 saturated carbocycles. The van der Waals surface area contributed by atoms with Crippen molar-refractivity contribution in [1.29, 1.82) is 0 Å². The van der Waals surface area contributed by atoms with Crippen molar-refractivity contribution in [3.63, 3.8) is 0 Å². The van der Waals surface area contributed by atoms with E-state index in [9.17, 15) is 9.59 Å². The molecule has 3 aromatic rings. The molecule has 0 bridgehead atoms. The number of halogens is 2. The number of Topliss-reactive ketones (excluding diaryl/α,β-unsaturated/α-hetero) is 2. The van der Waals surface area contributed by atoms with E-state index in [-0.39, 0.29) is 23.9 Å². The van der Waals surface area contributed by atoms with E-state index < -0.39 is 0 Å². The molecule has 0 aromatic heterocycles. The molecule has 0 fully saturated rings. The molecule has 4 rings (SSSR count). The summed E-state index contributed by atoms with van der Waals surface area (Å²) >= 11 is 12.1. The van der Waals surface area contributed by atoms with Crippen LogP contribution in [0.25, 0.3) is 6.08 Å². The summed E-state index contributed by atoms with van der Waals surface area (Å²) in [6.45, 7) is 1.64. The lowest BCUT2D eigenvalue weighted by Gasteiger charge is -2.09. The number of ketones is 2. The SMILES string of the molecule is COc1ccc(C(=O)COc2cc(C)c3c(c2)O/C(=C\c2ccc(Cl)cc2Cl)C3=O)cc1. The fourth-order valence-electron chi connectivity index (χ4n) is 3.33. The predicted octanol–water partition coefficient (Wildman–Crippen LogP) is 6.19. The van der Waals surface area contributed by atoms with Crippen LogP contribution in [0.1, 0.15) is 31.8 Å². The average Bonchev–Trinajstić information content (AvgIpc) is 3.09. The summed E-state index contributed by atoms with van der Waals surface area (Å²) in [6, 6.07) is 15.1. The Bertz CT molecular complexity index is 1250. The monoisotopic (exact) mass is 468 g/mol. The van der Waals surface area contributed by atoms with E-state index >= 15 is 0 Å². The average molecular weight is 469 g/mol. The van der Waals surface area contributed by atoms with Crippen LogP contribution in [-0.4, -0.2) is 25.3 Å². The van der Waals surface area contributed by atoms with Crippen LogP contribution >= 0.6 is 23.2 Å². The van der Waals surface area contributed by atoms with Gasteiger partial charge in [0.1, 0.15) is 17.2 Å². The number of carbonyl (C=O) groups is 2. The van der Waals surface area contributed by atoms with Gasteiger partial charge in [-0.15, -0.1) is 0 Å². The molecule has 5 nitrogen and oxygen atoms in total. The number of rotatable bonds is 6. The quantitative estimate of drug-likeness (QED) is 0.318. The Morgan fingerprint density at radius 2 is 1.78 bits per heavy atom. The molecule has 32 heavy (non-hydrogen) atoms. The minimum atomic E-state index is -0.246. The fraction of sp³-hybridized carbons (Fsp3) is 0.120. The van der Waals surface area contributed by atoms with Crippen molar-refractivity contribution < 1.29 is 23.8 Å². The summed E-state index contributed by atoms with van der Waals surface area (Å²) in [5.74, 6) is 1.20. The van der Waals surface area contributed by atoms with Gasteiger partial charge < -0.3 is 14.2 Å². The minimum Gasteiger partial charge on any atom is -0.497 e. The maximum Gasteiger partial charge on any atom is 0.232 e. The number of aryl methyl sites for hydroxylation is 1. The van der Waals surface area contributed by atoms with E-state index in [2.05, 4.69) is 0 Å². The maximum atomic E-state index is 12.8. The number of ether oxygens (including phenoxy) is 3. The van der Waals surface area contributed by atoms with Crippen LogP contribution in [-0.2, 0) is 0 Å². The highest BCUT2D eigenvalue weighted by molar-refractivity contribution is 6.35. The Labute approximate surface area is 195 Å². The summed E-state index contributed by atoms with van der Waals surface area (Å²) in [5, 5.41) is 0.913. The normalized spacial score (nSPS) is 13.6. The first kappa shape index (κ1) is 21.9. The molecule has 0 atom stereocenters. The minimum absolute atomic E-state index is 0.151. The molecule has 0 saturated heterocycles. The van der Waals surface area contributed by atoms with Crippen LogP contribution in [0.15, 0.2) is 60.4 Å². The van der Waals surface area contributed by atoms with Crippen LogP contribution in [0.5, 0.6) is 17.2 Å². The van der Waals surface area contributed by atoms with Gasteiger partial charge in [0.2, 0.25) is 5.78 Å². The third-order valence-electron chi connectivity index (χ3n) is 4.97. The molecule has 0 aliphatic carbocycles. The maximum absolute atomic E-state index is 12.8. The van der Waals surface area contributed by atoms with Crippen molar-refractivity contribution in [3.05, 3.63) is 92.7 Å². The van der Waals surface area contributed by atoms with E-state index in [4.69, 9.17) is 37.4 Å². The number of fused-ring (bicyclic) bond motifs is 1. The van der Waals surface area contributed by atoms with E-state index in [0.717, 1.165) is 0 Å². The Hall–Kier alpha value is -3.28. The van der Waals surface area contributed by atoms with Gasteiger partial charge in [0.25, 0.3) is 0 Å². The van der Waals surface area contributed by atoms with Crippen molar-refractivity contribution in [3.8, 4) is 17.2 Å². The Balaban J connectivity index is 1.51. The first-order valence-corrected chi connectivity index (χ1v) is 10.5. The molecule has 3 aromatic carbocycles. The Kier molecular flexibility index (Phi) is 6.21. The van der Waals surface area contributed by atoms with Crippen LogP contribution < -0.4 is 14.2 Å². The summed E-state index contributed by atoms with van der Waals surface area (Å²) in [6.07, 6.45) is 1.58. The second-order valence-electron chi connectivity index (χ2n) is 7.16. The van der Waals surface area contributed by atoms with Crippen molar-refractivity contribution in [2.45, 2.75) is 6.92 Å². The zero-order chi connectivity index (χ0) is 22.8. The van der Waals surface area contributed by atoms with Crippen LogP contribution in [0.4, 0.5) is 0 Å². The molecule has 1 aliphatic rings. The van der Waals surface area contributed by atoms with Gasteiger partial charge in [-0.3, -0.25) is 9.59 Å². The molecular weight excluding hydrogens is 451 g/mol. The van der Waals surface area contributed by atoms with E-state index in [1.54, 1.807) is 74.7 Å². The smallest absolute Gasteiger partial charge is 0.232 e. The van der Waals surface area contributed by atoms with Gasteiger partial charge >= 0.3 is 0 Å². The summed E-state index contributed by atoms with van der Waals surface area (Å²) in [4.78, 5) is 25.3. The largest absolute Gasteiger partial charge is 0.497 e. The van der Waals surface area contributed by atoms with Crippen LogP contribution in [0.3, 0.4) is 0 Å². The lowest BCUT2D eigenvalue weighted by atomic mass is 10.0.